The smallest absolute Gasteiger partial charge is 0.00168 e. The standard InChI is InChI=1S/C9H19S/c1-3-5-7-9(10)8-6-4-2/h9-10H,1,3-8H2,2H3. The van der Waals surface area contributed by atoms with Crippen LogP contribution in [-0.4, -0.2) is 5.25 Å². The highest BCUT2D eigenvalue weighted by Crippen LogP contribution is 2.13. The van der Waals surface area contributed by atoms with Crippen LogP contribution in [0.15, 0.2) is 0 Å². The van der Waals surface area contributed by atoms with Crippen LogP contribution in [0.2, 0.25) is 0 Å². The Morgan fingerprint density at radius 3 is 2.40 bits per heavy atom. The molecule has 0 saturated heterocycles. The zero-order chi connectivity index (χ0) is 7.82. The highest BCUT2D eigenvalue weighted by Gasteiger charge is 1.99. The first-order chi connectivity index (χ1) is 4.81. The second-order valence-corrected chi connectivity index (χ2v) is 3.52. The summed E-state index contributed by atoms with van der Waals surface area (Å²) >= 11 is 4.47. The summed E-state index contributed by atoms with van der Waals surface area (Å²) < 4.78 is 0. The highest BCUT2D eigenvalue weighted by molar-refractivity contribution is 7.80. The Kier molecular flexibility index (Phi) is 7.72. The minimum absolute atomic E-state index is 0.627. The van der Waals surface area contributed by atoms with Crippen molar-refractivity contribution >= 4 is 12.6 Å². The van der Waals surface area contributed by atoms with Gasteiger partial charge in [-0.25, -0.2) is 0 Å². The van der Waals surface area contributed by atoms with Crippen LogP contribution in [0.25, 0.3) is 0 Å². The Balaban J connectivity index is 3.00. The Morgan fingerprint density at radius 1 is 1.30 bits per heavy atom. The lowest BCUT2D eigenvalue weighted by Gasteiger charge is -2.07. The van der Waals surface area contributed by atoms with Crippen LogP contribution in [0.1, 0.15) is 45.4 Å². The molecule has 1 atom stereocenters. The maximum atomic E-state index is 4.47. The Labute approximate surface area is 70.8 Å². The maximum absolute atomic E-state index is 4.47. The average molecular weight is 159 g/mol. The van der Waals surface area contributed by atoms with Crippen molar-refractivity contribution in [3.63, 3.8) is 0 Å². The summed E-state index contributed by atoms with van der Waals surface area (Å²) in [4.78, 5) is 0. The lowest BCUT2D eigenvalue weighted by atomic mass is 10.1. The van der Waals surface area contributed by atoms with E-state index in [1.54, 1.807) is 0 Å². The van der Waals surface area contributed by atoms with Crippen molar-refractivity contribution in [3.8, 4) is 0 Å². The molecule has 0 amide bonds. The largest absolute Gasteiger partial charge is 0.176 e. The van der Waals surface area contributed by atoms with E-state index in [9.17, 15) is 0 Å². The monoisotopic (exact) mass is 159 g/mol. The van der Waals surface area contributed by atoms with Gasteiger partial charge >= 0.3 is 0 Å². The first-order valence-corrected chi connectivity index (χ1v) is 4.80. The van der Waals surface area contributed by atoms with Gasteiger partial charge in [0, 0.05) is 5.25 Å². The predicted octanol–water partition coefficient (Wildman–Crippen LogP) is 3.48. The van der Waals surface area contributed by atoms with Gasteiger partial charge in [-0.05, 0) is 12.8 Å². The fourth-order valence-corrected chi connectivity index (χ4v) is 1.33. The molecule has 0 aromatic carbocycles. The van der Waals surface area contributed by atoms with Crippen molar-refractivity contribution < 1.29 is 0 Å². The van der Waals surface area contributed by atoms with E-state index in [0.29, 0.717) is 5.25 Å². The van der Waals surface area contributed by atoms with E-state index in [0.717, 1.165) is 6.42 Å². The van der Waals surface area contributed by atoms with E-state index in [1.165, 1.54) is 32.1 Å². The summed E-state index contributed by atoms with van der Waals surface area (Å²) in [6.07, 6.45) is 7.43. The van der Waals surface area contributed by atoms with E-state index in [1.807, 2.05) is 0 Å². The van der Waals surface area contributed by atoms with Gasteiger partial charge in [-0.2, -0.15) is 12.6 Å². The highest BCUT2D eigenvalue weighted by atomic mass is 32.1. The maximum Gasteiger partial charge on any atom is 0.00168 e. The molecule has 0 bridgehead atoms. The topological polar surface area (TPSA) is 0 Å². The number of hydrogen-bond donors (Lipinski definition) is 1. The van der Waals surface area contributed by atoms with Crippen molar-refractivity contribution in [3.05, 3.63) is 6.92 Å². The molecule has 10 heavy (non-hydrogen) atoms. The summed E-state index contributed by atoms with van der Waals surface area (Å²) in [6.45, 7) is 6.03. The van der Waals surface area contributed by atoms with Crippen molar-refractivity contribution in [2.45, 2.75) is 50.7 Å². The average Bonchev–Trinajstić information content (AvgIpc) is 1.97. The summed E-state index contributed by atoms with van der Waals surface area (Å²) in [5.74, 6) is 0. The first kappa shape index (κ1) is 10.3. The number of hydrogen-bond acceptors (Lipinski definition) is 1. The number of thiol groups is 1. The number of rotatable bonds is 6. The van der Waals surface area contributed by atoms with Crippen LogP contribution >= 0.6 is 12.6 Å². The number of unbranched alkanes of at least 4 members (excludes halogenated alkanes) is 2. The molecule has 0 spiro atoms. The minimum atomic E-state index is 0.627. The molecule has 0 heterocycles. The quantitative estimate of drug-likeness (QED) is 0.564. The molecule has 0 N–H and O–H groups in total. The van der Waals surface area contributed by atoms with Crippen molar-refractivity contribution in [2.75, 3.05) is 0 Å². The SMILES string of the molecule is [CH2]CCCC(S)CCCC. The fraction of sp³-hybridized carbons (Fsp3) is 0.889. The predicted molar refractivity (Wildman–Crippen MR) is 51.5 cm³/mol. The minimum Gasteiger partial charge on any atom is -0.176 e. The van der Waals surface area contributed by atoms with Crippen molar-refractivity contribution in [2.24, 2.45) is 0 Å². The molecule has 1 radical (unpaired) electrons. The molecule has 0 saturated carbocycles. The van der Waals surface area contributed by atoms with Gasteiger partial charge in [0.2, 0.25) is 0 Å². The first-order valence-electron chi connectivity index (χ1n) is 4.28. The van der Waals surface area contributed by atoms with E-state index >= 15 is 0 Å². The van der Waals surface area contributed by atoms with Gasteiger partial charge in [-0.15, -0.1) is 0 Å². The molecule has 0 nitrogen and oxygen atoms in total. The third-order valence-corrected chi connectivity index (χ3v) is 2.19. The van der Waals surface area contributed by atoms with Gasteiger partial charge in [0.05, 0.1) is 0 Å². The molecular formula is C9H19S. The van der Waals surface area contributed by atoms with Gasteiger partial charge in [-0.3, -0.25) is 0 Å². The fourth-order valence-electron chi connectivity index (χ4n) is 0.964. The van der Waals surface area contributed by atoms with Gasteiger partial charge in [0.15, 0.2) is 0 Å². The van der Waals surface area contributed by atoms with E-state index in [-0.39, 0.29) is 0 Å². The van der Waals surface area contributed by atoms with Crippen molar-refractivity contribution in [1.29, 1.82) is 0 Å². The van der Waals surface area contributed by atoms with Crippen molar-refractivity contribution in [1.82, 2.24) is 0 Å². The molecule has 1 heteroatoms. The van der Waals surface area contributed by atoms with Crippen LogP contribution in [0.3, 0.4) is 0 Å². The van der Waals surface area contributed by atoms with Crippen LogP contribution in [0, 0.1) is 6.92 Å². The molecule has 61 valence electrons. The van der Waals surface area contributed by atoms with Gasteiger partial charge in [0.25, 0.3) is 0 Å². The summed E-state index contributed by atoms with van der Waals surface area (Å²) in [6, 6.07) is 0. The molecule has 0 rings (SSSR count). The normalized spacial score (nSPS) is 10.8. The van der Waals surface area contributed by atoms with Gasteiger partial charge in [0.1, 0.15) is 0 Å². The van der Waals surface area contributed by atoms with Gasteiger partial charge in [-0.1, -0.05) is 39.5 Å². The van der Waals surface area contributed by atoms with Crippen LogP contribution in [-0.2, 0) is 0 Å². The molecule has 0 aliphatic rings. The van der Waals surface area contributed by atoms with Crippen LogP contribution in [0.5, 0.6) is 0 Å². The Bertz CT molecular complexity index is 53.7. The molecule has 0 aromatic heterocycles. The molecule has 0 aliphatic heterocycles. The summed E-state index contributed by atoms with van der Waals surface area (Å²) in [5.41, 5.74) is 0. The molecule has 0 aromatic rings. The van der Waals surface area contributed by atoms with E-state index in [4.69, 9.17) is 0 Å². The van der Waals surface area contributed by atoms with Crippen LogP contribution in [0.4, 0.5) is 0 Å². The van der Waals surface area contributed by atoms with Crippen LogP contribution < -0.4 is 0 Å². The van der Waals surface area contributed by atoms with Gasteiger partial charge < -0.3 is 0 Å². The zero-order valence-corrected chi connectivity index (χ0v) is 7.87. The summed E-state index contributed by atoms with van der Waals surface area (Å²) in [5, 5.41) is 0.627. The lowest BCUT2D eigenvalue weighted by molar-refractivity contribution is 0.627. The third kappa shape index (κ3) is 6.47. The molecule has 0 fully saturated rings. The zero-order valence-electron chi connectivity index (χ0n) is 6.97. The molecular weight excluding hydrogens is 140 g/mol. The second-order valence-electron chi connectivity index (χ2n) is 2.79. The third-order valence-electron chi connectivity index (χ3n) is 1.68. The van der Waals surface area contributed by atoms with E-state index < -0.39 is 0 Å². The summed E-state index contributed by atoms with van der Waals surface area (Å²) in [7, 11) is 0. The molecule has 1 unspecified atom stereocenters. The Morgan fingerprint density at radius 2 is 1.90 bits per heavy atom. The second kappa shape index (κ2) is 7.46. The molecule has 0 aliphatic carbocycles. The Hall–Kier alpha value is 0.350. The lowest BCUT2D eigenvalue weighted by Crippen LogP contribution is -1.97. The van der Waals surface area contributed by atoms with E-state index in [2.05, 4.69) is 26.5 Å².